The molecule has 7 nitrogen and oxygen atoms in total. The highest BCUT2D eigenvalue weighted by Gasteiger charge is 2.59. The van der Waals surface area contributed by atoms with Crippen molar-refractivity contribution in [1.29, 1.82) is 0 Å². The molecule has 0 radical (unpaired) electrons. The molecule has 0 saturated carbocycles. The maximum atomic E-state index is 13.3. The summed E-state index contributed by atoms with van der Waals surface area (Å²) < 4.78 is 51.4. The summed E-state index contributed by atoms with van der Waals surface area (Å²) >= 11 is 0. The van der Waals surface area contributed by atoms with Gasteiger partial charge in [0, 0.05) is 0 Å². The summed E-state index contributed by atoms with van der Waals surface area (Å²) in [6.07, 6.45) is -5.05. The Bertz CT molecular complexity index is 717. The number of nitro groups is 1. The number of benzene rings is 1. The van der Waals surface area contributed by atoms with E-state index in [0.29, 0.717) is 6.07 Å². The standard InChI is InChI=1S/C12H9F4N3O4/c1-11(2)9(20)17(10(21)18(11)19(22)23)6-3-4-8(13)7(5-6)12(14,15)16/h3-5H,1-2H3. The van der Waals surface area contributed by atoms with E-state index in [1.165, 1.54) is 0 Å². The fourth-order valence-corrected chi connectivity index (χ4v) is 2.16. The first-order chi connectivity index (χ1) is 10.4. The topological polar surface area (TPSA) is 83.8 Å². The molecule has 0 N–H and O–H groups in total. The van der Waals surface area contributed by atoms with E-state index >= 15 is 0 Å². The van der Waals surface area contributed by atoms with Crippen LogP contribution in [0, 0.1) is 15.9 Å². The number of hydrazine groups is 1. The number of amides is 3. The molecule has 1 heterocycles. The average molecular weight is 335 g/mol. The third-order valence-electron chi connectivity index (χ3n) is 3.31. The minimum atomic E-state index is -5.05. The largest absolute Gasteiger partial charge is 0.419 e. The van der Waals surface area contributed by atoms with E-state index in [-0.39, 0.29) is 16.0 Å². The zero-order valence-corrected chi connectivity index (χ0v) is 11.7. The molecule has 124 valence electrons. The van der Waals surface area contributed by atoms with Gasteiger partial charge in [-0.05, 0) is 37.1 Å². The maximum Gasteiger partial charge on any atom is 0.419 e. The second-order valence-corrected chi connectivity index (χ2v) is 5.19. The molecule has 11 heteroatoms. The number of halogens is 4. The lowest BCUT2D eigenvalue weighted by Crippen LogP contribution is -2.47. The maximum absolute atomic E-state index is 13.3. The number of hydrogen-bond acceptors (Lipinski definition) is 4. The summed E-state index contributed by atoms with van der Waals surface area (Å²) in [5.74, 6) is -2.69. The molecular formula is C12H9F4N3O4. The molecule has 1 aliphatic heterocycles. The number of alkyl halides is 3. The van der Waals surface area contributed by atoms with Crippen LogP contribution in [0.25, 0.3) is 0 Å². The number of nitrogens with zero attached hydrogens (tertiary/aromatic N) is 3. The normalized spacial score (nSPS) is 17.8. The summed E-state index contributed by atoms with van der Waals surface area (Å²) in [4.78, 5) is 35.4. The predicted molar refractivity (Wildman–Crippen MR) is 67.2 cm³/mol. The Balaban J connectivity index is 2.57. The van der Waals surface area contributed by atoms with Crippen LogP contribution in [0.5, 0.6) is 0 Å². The number of hydrogen-bond donors (Lipinski definition) is 0. The SMILES string of the molecule is CC1(C)C(=O)N(c2ccc(F)c(C(F)(F)F)c2)C(=O)N1[N+](=O)[O-]. The Morgan fingerprint density at radius 1 is 1.22 bits per heavy atom. The Labute approximate surface area is 126 Å². The molecule has 1 saturated heterocycles. The number of imide groups is 1. The summed E-state index contributed by atoms with van der Waals surface area (Å²) in [6, 6.07) is 0.0233. The monoisotopic (exact) mass is 335 g/mol. The number of carbonyl (C=O) groups is 2. The fourth-order valence-electron chi connectivity index (χ4n) is 2.16. The van der Waals surface area contributed by atoms with Gasteiger partial charge in [-0.15, -0.1) is 0 Å². The van der Waals surface area contributed by atoms with Gasteiger partial charge in [-0.1, -0.05) is 0 Å². The summed E-state index contributed by atoms with van der Waals surface area (Å²) in [7, 11) is 0. The van der Waals surface area contributed by atoms with Crippen LogP contribution in [0.2, 0.25) is 0 Å². The molecule has 23 heavy (non-hydrogen) atoms. The van der Waals surface area contributed by atoms with Gasteiger partial charge >= 0.3 is 12.2 Å². The minimum Gasteiger partial charge on any atom is -0.271 e. The third kappa shape index (κ3) is 2.47. The summed E-state index contributed by atoms with van der Waals surface area (Å²) in [6.45, 7) is 2.15. The van der Waals surface area contributed by atoms with Gasteiger partial charge in [0.1, 0.15) is 5.82 Å². The van der Waals surface area contributed by atoms with Crippen molar-refractivity contribution in [3.63, 3.8) is 0 Å². The molecule has 1 aromatic rings. The van der Waals surface area contributed by atoms with Crippen molar-refractivity contribution in [2.45, 2.75) is 25.6 Å². The molecule has 0 unspecified atom stereocenters. The van der Waals surface area contributed by atoms with Gasteiger partial charge in [-0.2, -0.15) is 13.2 Å². The molecule has 0 atom stereocenters. The molecule has 1 fully saturated rings. The zero-order valence-electron chi connectivity index (χ0n) is 11.7. The highest BCUT2D eigenvalue weighted by atomic mass is 19.4. The quantitative estimate of drug-likeness (QED) is 0.360. The lowest BCUT2D eigenvalue weighted by atomic mass is 10.1. The van der Waals surface area contributed by atoms with Gasteiger partial charge in [-0.25, -0.2) is 24.2 Å². The average Bonchev–Trinajstić information content (AvgIpc) is 2.55. The van der Waals surface area contributed by atoms with E-state index < -0.39 is 45.8 Å². The third-order valence-corrected chi connectivity index (χ3v) is 3.31. The van der Waals surface area contributed by atoms with Gasteiger partial charge in [0.05, 0.1) is 11.3 Å². The Morgan fingerprint density at radius 3 is 2.22 bits per heavy atom. The van der Waals surface area contributed by atoms with Gasteiger partial charge in [0.2, 0.25) is 0 Å². The van der Waals surface area contributed by atoms with E-state index in [1.54, 1.807) is 0 Å². The summed E-state index contributed by atoms with van der Waals surface area (Å²) in [5, 5.41) is 9.80. The molecule has 0 aromatic heterocycles. The van der Waals surface area contributed by atoms with E-state index in [1.807, 2.05) is 0 Å². The van der Waals surface area contributed by atoms with Crippen LogP contribution in [0.3, 0.4) is 0 Å². The van der Waals surface area contributed by atoms with E-state index in [9.17, 15) is 37.3 Å². The predicted octanol–water partition coefficient (Wildman–Crippen LogP) is 2.58. The number of carbonyl (C=O) groups excluding carboxylic acids is 2. The van der Waals surface area contributed by atoms with E-state index in [4.69, 9.17) is 0 Å². The lowest BCUT2D eigenvalue weighted by Gasteiger charge is -2.17. The first kappa shape index (κ1) is 16.6. The Hall–Kier alpha value is -2.72. The second kappa shape index (κ2) is 4.89. The first-order valence-corrected chi connectivity index (χ1v) is 6.09. The van der Waals surface area contributed by atoms with Crippen LogP contribution in [0.4, 0.5) is 28.0 Å². The highest BCUT2D eigenvalue weighted by Crippen LogP contribution is 2.37. The number of anilines is 1. The number of rotatable bonds is 2. The van der Waals surface area contributed by atoms with Crippen molar-refractivity contribution in [2.75, 3.05) is 4.90 Å². The van der Waals surface area contributed by atoms with Crippen molar-refractivity contribution >= 4 is 17.6 Å². The van der Waals surface area contributed by atoms with Gasteiger partial charge < -0.3 is 0 Å². The molecule has 0 aliphatic carbocycles. The van der Waals surface area contributed by atoms with Crippen molar-refractivity contribution in [3.8, 4) is 0 Å². The van der Waals surface area contributed by atoms with Crippen molar-refractivity contribution in [1.82, 2.24) is 5.01 Å². The Morgan fingerprint density at radius 2 is 1.78 bits per heavy atom. The Kier molecular flexibility index (Phi) is 3.54. The molecule has 1 aromatic carbocycles. The van der Waals surface area contributed by atoms with Gasteiger partial charge in [-0.3, -0.25) is 4.79 Å². The second-order valence-electron chi connectivity index (χ2n) is 5.19. The minimum absolute atomic E-state index is 0.00591. The van der Waals surface area contributed by atoms with E-state index in [0.717, 1.165) is 19.9 Å². The molecule has 3 amide bonds. The van der Waals surface area contributed by atoms with Gasteiger partial charge in [0.25, 0.3) is 5.91 Å². The van der Waals surface area contributed by atoms with Crippen molar-refractivity contribution in [2.24, 2.45) is 0 Å². The van der Waals surface area contributed by atoms with Crippen LogP contribution in [0.15, 0.2) is 18.2 Å². The summed E-state index contributed by atoms with van der Waals surface area (Å²) in [5.41, 5.74) is -4.19. The molecule has 2 rings (SSSR count). The van der Waals surface area contributed by atoms with Crippen molar-refractivity contribution in [3.05, 3.63) is 39.7 Å². The highest BCUT2D eigenvalue weighted by molar-refractivity contribution is 6.22. The van der Waals surface area contributed by atoms with Crippen LogP contribution < -0.4 is 4.90 Å². The smallest absolute Gasteiger partial charge is 0.271 e. The number of urea groups is 1. The lowest BCUT2D eigenvalue weighted by molar-refractivity contribution is -0.642. The van der Waals surface area contributed by atoms with E-state index in [2.05, 4.69) is 0 Å². The molecule has 1 aliphatic rings. The molecule has 0 bridgehead atoms. The van der Waals surface area contributed by atoms with Gasteiger partial charge in [0.15, 0.2) is 10.6 Å². The van der Waals surface area contributed by atoms with Crippen molar-refractivity contribution < 1.29 is 32.2 Å². The molecule has 0 spiro atoms. The van der Waals surface area contributed by atoms with Crippen LogP contribution in [-0.4, -0.2) is 27.5 Å². The van der Waals surface area contributed by atoms with Crippen LogP contribution >= 0.6 is 0 Å². The molecular weight excluding hydrogens is 326 g/mol. The first-order valence-electron chi connectivity index (χ1n) is 6.09. The van der Waals surface area contributed by atoms with Crippen LogP contribution in [0.1, 0.15) is 19.4 Å². The fraction of sp³-hybridized carbons (Fsp3) is 0.333. The van der Waals surface area contributed by atoms with Crippen LogP contribution in [-0.2, 0) is 11.0 Å². The zero-order chi connectivity index (χ0) is 17.7.